The molecule has 2 N–H and O–H groups in total. The Labute approximate surface area is 83.0 Å². The monoisotopic (exact) mass is 194 g/mol. The van der Waals surface area contributed by atoms with E-state index in [0.717, 1.165) is 5.56 Å². The molecule has 1 rings (SSSR count). The SMILES string of the molecule is CNC(=O)C(C)Nc1ncc(C)cn1. The third-order valence-corrected chi connectivity index (χ3v) is 1.77. The molecule has 0 fully saturated rings. The Balaban J connectivity index is 2.60. The lowest BCUT2D eigenvalue weighted by atomic mass is 10.3. The maximum absolute atomic E-state index is 11.2. The molecule has 0 aliphatic heterocycles. The molecule has 0 aliphatic rings. The number of hydrogen-bond donors (Lipinski definition) is 2. The lowest BCUT2D eigenvalue weighted by molar-refractivity contribution is -0.121. The van der Waals surface area contributed by atoms with Crippen molar-refractivity contribution in [1.82, 2.24) is 15.3 Å². The van der Waals surface area contributed by atoms with Crippen LogP contribution in [0.25, 0.3) is 0 Å². The van der Waals surface area contributed by atoms with E-state index >= 15 is 0 Å². The highest BCUT2D eigenvalue weighted by atomic mass is 16.2. The molecule has 1 aromatic rings. The van der Waals surface area contributed by atoms with Gasteiger partial charge < -0.3 is 10.6 Å². The fourth-order valence-electron chi connectivity index (χ4n) is 0.943. The third-order valence-electron chi connectivity index (χ3n) is 1.77. The van der Waals surface area contributed by atoms with Crippen LogP contribution in [0.2, 0.25) is 0 Å². The van der Waals surface area contributed by atoms with Crippen molar-refractivity contribution in [2.45, 2.75) is 19.9 Å². The highest BCUT2D eigenvalue weighted by Crippen LogP contribution is 2.00. The summed E-state index contributed by atoms with van der Waals surface area (Å²) in [5.74, 6) is 0.376. The Hall–Kier alpha value is -1.65. The molecular formula is C9H14N4O. The van der Waals surface area contributed by atoms with Gasteiger partial charge in [0.15, 0.2) is 0 Å². The number of aryl methyl sites for hydroxylation is 1. The molecule has 0 aliphatic carbocycles. The first-order valence-electron chi connectivity index (χ1n) is 4.40. The molecule has 0 radical (unpaired) electrons. The second-order valence-corrected chi connectivity index (χ2v) is 3.06. The normalized spacial score (nSPS) is 11.9. The molecule has 5 heteroatoms. The van der Waals surface area contributed by atoms with E-state index in [1.807, 2.05) is 6.92 Å². The summed E-state index contributed by atoms with van der Waals surface area (Å²) < 4.78 is 0. The summed E-state index contributed by atoms with van der Waals surface area (Å²) in [7, 11) is 1.59. The molecule has 1 heterocycles. The van der Waals surface area contributed by atoms with Gasteiger partial charge in [-0.15, -0.1) is 0 Å². The molecular weight excluding hydrogens is 180 g/mol. The van der Waals surface area contributed by atoms with E-state index in [1.165, 1.54) is 0 Å². The van der Waals surface area contributed by atoms with Crippen molar-refractivity contribution in [3.05, 3.63) is 18.0 Å². The van der Waals surface area contributed by atoms with Crippen molar-refractivity contribution >= 4 is 11.9 Å². The number of amides is 1. The smallest absolute Gasteiger partial charge is 0.242 e. The summed E-state index contributed by atoms with van der Waals surface area (Å²) in [4.78, 5) is 19.2. The molecule has 76 valence electrons. The van der Waals surface area contributed by atoms with Gasteiger partial charge in [-0.2, -0.15) is 0 Å². The highest BCUT2D eigenvalue weighted by Gasteiger charge is 2.10. The Morgan fingerprint density at radius 1 is 1.43 bits per heavy atom. The lowest BCUT2D eigenvalue weighted by Gasteiger charge is -2.11. The van der Waals surface area contributed by atoms with Gasteiger partial charge >= 0.3 is 0 Å². The summed E-state index contributed by atoms with van der Waals surface area (Å²) >= 11 is 0. The predicted molar refractivity (Wildman–Crippen MR) is 53.9 cm³/mol. The number of hydrogen-bond acceptors (Lipinski definition) is 4. The number of nitrogens with zero attached hydrogens (tertiary/aromatic N) is 2. The zero-order valence-corrected chi connectivity index (χ0v) is 8.53. The van der Waals surface area contributed by atoms with Gasteiger partial charge in [0.2, 0.25) is 11.9 Å². The van der Waals surface area contributed by atoms with E-state index in [2.05, 4.69) is 20.6 Å². The second kappa shape index (κ2) is 4.55. The standard InChI is InChI=1S/C9H14N4O/c1-6-4-11-9(12-5-6)13-7(2)8(14)10-3/h4-5,7H,1-3H3,(H,10,14)(H,11,12,13). The van der Waals surface area contributed by atoms with Gasteiger partial charge in [0, 0.05) is 19.4 Å². The van der Waals surface area contributed by atoms with Gasteiger partial charge in [0.1, 0.15) is 6.04 Å². The first-order chi connectivity index (χ1) is 6.63. The van der Waals surface area contributed by atoms with Gasteiger partial charge in [0.05, 0.1) is 0 Å². The highest BCUT2D eigenvalue weighted by molar-refractivity contribution is 5.83. The average molecular weight is 194 g/mol. The van der Waals surface area contributed by atoms with E-state index in [-0.39, 0.29) is 11.9 Å². The largest absolute Gasteiger partial charge is 0.357 e. The first kappa shape index (κ1) is 10.4. The van der Waals surface area contributed by atoms with Crippen LogP contribution in [0.3, 0.4) is 0 Å². The number of aromatic nitrogens is 2. The number of carbonyl (C=O) groups is 1. The fraction of sp³-hybridized carbons (Fsp3) is 0.444. The Bertz CT molecular complexity index is 309. The molecule has 0 bridgehead atoms. The van der Waals surface area contributed by atoms with Crippen molar-refractivity contribution in [3.63, 3.8) is 0 Å². The number of carbonyl (C=O) groups excluding carboxylic acids is 1. The van der Waals surface area contributed by atoms with Gasteiger partial charge in [-0.05, 0) is 19.4 Å². The number of nitrogens with one attached hydrogen (secondary N) is 2. The van der Waals surface area contributed by atoms with Crippen LogP contribution in [-0.2, 0) is 4.79 Å². The van der Waals surface area contributed by atoms with Crippen molar-refractivity contribution in [2.24, 2.45) is 0 Å². The topological polar surface area (TPSA) is 66.9 Å². The minimum Gasteiger partial charge on any atom is -0.357 e. The van der Waals surface area contributed by atoms with Crippen LogP contribution in [0.1, 0.15) is 12.5 Å². The maximum Gasteiger partial charge on any atom is 0.242 e. The Morgan fingerprint density at radius 3 is 2.50 bits per heavy atom. The first-order valence-corrected chi connectivity index (χ1v) is 4.40. The van der Waals surface area contributed by atoms with E-state index < -0.39 is 0 Å². The third kappa shape index (κ3) is 2.69. The molecule has 1 amide bonds. The molecule has 1 unspecified atom stereocenters. The quantitative estimate of drug-likeness (QED) is 0.727. The van der Waals surface area contributed by atoms with Crippen LogP contribution in [0.15, 0.2) is 12.4 Å². The minimum atomic E-state index is -0.331. The molecule has 1 atom stereocenters. The molecule has 0 spiro atoms. The number of anilines is 1. The van der Waals surface area contributed by atoms with E-state index in [1.54, 1.807) is 26.4 Å². The summed E-state index contributed by atoms with van der Waals surface area (Å²) in [6.07, 6.45) is 3.40. The van der Waals surface area contributed by atoms with Crippen LogP contribution in [0, 0.1) is 6.92 Å². The van der Waals surface area contributed by atoms with Gasteiger partial charge in [-0.25, -0.2) is 9.97 Å². The Kier molecular flexibility index (Phi) is 3.39. The van der Waals surface area contributed by atoms with Crippen molar-refractivity contribution in [1.29, 1.82) is 0 Å². The zero-order chi connectivity index (χ0) is 10.6. The summed E-state index contributed by atoms with van der Waals surface area (Å²) in [6, 6.07) is -0.331. The zero-order valence-electron chi connectivity index (χ0n) is 8.53. The number of likely N-dealkylation sites (N-methyl/N-ethyl adjacent to an activating group) is 1. The molecule has 1 aromatic heterocycles. The van der Waals surface area contributed by atoms with Crippen molar-refractivity contribution in [2.75, 3.05) is 12.4 Å². The second-order valence-electron chi connectivity index (χ2n) is 3.06. The molecule has 0 saturated heterocycles. The van der Waals surface area contributed by atoms with Crippen LogP contribution >= 0.6 is 0 Å². The van der Waals surface area contributed by atoms with Gasteiger partial charge in [-0.3, -0.25) is 4.79 Å². The molecule has 14 heavy (non-hydrogen) atoms. The van der Waals surface area contributed by atoms with Crippen LogP contribution < -0.4 is 10.6 Å². The lowest BCUT2D eigenvalue weighted by Crippen LogP contribution is -2.35. The van der Waals surface area contributed by atoms with Crippen LogP contribution in [-0.4, -0.2) is 29.0 Å². The molecule has 0 aromatic carbocycles. The van der Waals surface area contributed by atoms with Crippen molar-refractivity contribution < 1.29 is 4.79 Å². The molecule has 0 saturated carbocycles. The fourth-order valence-corrected chi connectivity index (χ4v) is 0.943. The van der Waals surface area contributed by atoms with E-state index in [4.69, 9.17) is 0 Å². The summed E-state index contributed by atoms with van der Waals surface area (Å²) in [6.45, 7) is 3.66. The summed E-state index contributed by atoms with van der Waals surface area (Å²) in [5.41, 5.74) is 0.989. The van der Waals surface area contributed by atoms with E-state index in [0.29, 0.717) is 5.95 Å². The summed E-state index contributed by atoms with van der Waals surface area (Å²) in [5, 5.41) is 5.42. The van der Waals surface area contributed by atoms with Crippen LogP contribution in [0.5, 0.6) is 0 Å². The van der Waals surface area contributed by atoms with E-state index in [9.17, 15) is 4.79 Å². The number of rotatable bonds is 3. The van der Waals surface area contributed by atoms with Gasteiger partial charge in [0.25, 0.3) is 0 Å². The van der Waals surface area contributed by atoms with Crippen molar-refractivity contribution in [3.8, 4) is 0 Å². The average Bonchev–Trinajstić information content (AvgIpc) is 2.20. The van der Waals surface area contributed by atoms with Gasteiger partial charge in [-0.1, -0.05) is 0 Å². The molecule has 5 nitrogen and oxygen atoms in total. The minimum absolute atomic E-state index is 0.0887. The predicted octanol–water partition coefficient (Wildman–Crippen LogP) is 0.331. The Morgan fingerprint density at radius 2 is 2.00 bits per heavy atom. The van der Waals surface area contributed by atoms with Crippen LogP contribution in [0.4, 0.5) is 5.95 Å². The maximum atomic E-state index is 11.2.